The maximum absolute atomic E-state index is 14.2. The number of hydrogen-bond acceptors (Lipinski definition) is 6. The fraction of sp³-hybridized carbons (Fsp3) is 0.355. The standard InChI is InChI=1S/C31H39N3O6S/c1-7-27(31(36)32-22(2)3)33(20-24-11-9-8-10-12-24)30(35)21-34(28-19-25(39-5)15-18-29(28)40-6)41(37,38)26-16-13-23(4)14-17-26/h8-19,22,27H,7,20-21H2,1-6H3,(H,32,36)/t27-/m0/s1. The minimum absolute atomic E-state index is 0.0139. The smallest absolute Gasteiger partial charge is 0.264 e. The Hall–Kier alpha value is -4.05. The first-order chi connectivity index (χ1) is 19.5. The summed E-state index contributed by atoms with van der Waals surface area (Å²) < 4.78 is 40.2. The summed E-state index contributed by atoms with van der Waals surface area (Å²) >= 11 is 0. The van der Waals surface area contributed by atoms with E-state index in [0.29, 0.717) is 12.2 Å². The van der Waals surface area contributed by atoms with Crippen molar-refractivity contribution in [3.8, 4) is 11.5 Å². The molecule has 0 bridgehead atoms. The molecule has 3 aromatic rings. The highest BCUT2D eigenvalue weighted by Gasteiger charge is 2.35. The van der Waals surface area contributed by atoms with Gasteiger partial charge in [-0.1, -0.05) is 55.0 Å². The van der Waals surface area contributed by atoms with Crippen LogP contribution in [0.25, 0.3) is 0 Å². The number of benzene rings is 3. The summed E-state index contributed by atoms with van der Waals surface area (Å²) in [7, 11) is -1.36. The van der Waals surface area contributed by atoms with Gasteiger partial charge in [0.15, 0.2) is 0 Å². The predicted molar refractivity (Wildman–Crippen MR) is 160 cm³/mol. The van der Waals surface area contributed by atoms with Gasteiger partial charge in [-0.2, -0.15) is 0 Å². The van der Waals surface area contributed by atoms with Crippen LogP contribution in [0.3, 0.4) is 0 Å². The molecule has 0 spiro atoms. The fourth-order valence-electron chi connectivity index (χ4n) is 4.42. The molecule has 0 saturated carbocycles. The van der Waals surface area contributed by atoms with Gasteiger partial charge in [-0.25, -0.2) is 8.42 Å². The van der Waals surface area contributed by atoms with Gasteiger partial charge < -0.3 is 19.7 Å². The van der Waals surface area contributed by atoms with Gasteiger partial charge in [-0.3, -0.25) is 13.9 Å². The van der Waals surface area contributed by atoms with E-state index in [0.717, 1.165) is 15.4 Å². The average Bonchev–Trinajstić information content (AvgIpc) is 2.95. The lowest BCUT2D eigenvalue weighted by Crippen LogP contribution is -2.53. The molecule has 1 N–H and O–H groups in total. The molecule has 220 valence electrons. The molecule has 1 atom stereocenters. The Morgan fingerprint density at radius 2 is 1.59 bits per heavy atom. The number of methoxy groups -OCH3 is 2. The number of aryl methyl sites for hydroxylation is 1. The molecule has 0 aliphatic heterocycles. The van der Waals surface area contributed by atoms with E-state index < -0.39 is 28.5 Å². The summed E-state index contributed by atoms with van der Waals surface area (Å²) in [6, 6.07) is 19.5. The average molecular weight is 582 g/mol. The van der Waals surface area contributed by atoms with E-state index in [1.165, 1.54) is 37.3 Å². The minimum Gasteiger partial charge on any atom is -0.497 e. The normalized spacial score (nSPS) is 12.0. The summed E-state index contributed by atoms with van der Waals surface area (Å²) in [5, 5.41) is 2.89. The number of carbonyl (C=O) groups excluding carboxylic acids is 2. The zero-order valence-electron chi connectivity index (χ0n) is 24.5. The van der Waals surface area contributed by atoms with Crippen LogP contribution in [0.5, 0.6) is 11.5 Å². The van der Waals surface area contributed by atoms with Crippen LogP contribution >= 0.6 is 0 Å². The van der Waals surface area contributed by atoms with Crippen molar-refractivity contribution in [1.82, 2.24) is 10.2 Å². The molecule has 3 rings (SSSR count). The number of nitrogens with zero attached hydrogens (tertiary/aromatic N) is 2. The van der Waals surface area contributed by atoms with Crippen LogP contribution in [-0.4, -0.2) is 58.0 Å². The molecule has 9 nitrogen and oxygen atoms in total. The first kappa shape index (κ1) is 31.5. The molecular weight excluding hydrogens is 542 g/mol. The quantitative estimate of drug-likeness (QED) is 0.318. The van der Waals surface area contributed by atoms with Crippen molar-refractivity contribution in [3.63, 3.8) is 0 Å². The number of sulfonamides is 1. The van der Waals surface area contributed by atoms with Crippen LogP contribution in [0, 0.1) is 6.92 Å². The van der Waals surface area contributed by atoms with Gasteiger partial charge in [0, 0.05) is 18.7 Å². The van der Waals surface area contributed by atoms with Crippen molar-refractivity contribution in [3.05, 3.63) is 83.9 Å². The molecule has 0 aliphatic rings. The van der Waals surface area contributed by atoms with Crippen molar-refractivity contribution >= 4 is 27.5 Å². The van der Waals surface area contributed by atoms with Gasteiger partial charge in [0.2, 0.25) is 11.8 Å². The zero-order valence-corrected chi connectivity index (χ0v) is 25.3. The minimum atomic E-state index is -4.25. The van der Waals surface area contributed by atoms with Crippen molar-refractivity contribution < 1.29 is 27.5 Å². The Labute approximate surface area is 243 Å². The van der Waals surface area contributed by atoms with Gasteiger partial charge in [0.1, 0.15) is 24.1 Å². The Balaban J connectivity index is 2.14. The molecule has 0 aromatic heterocycles. The van der Waals surface area contributed by atoms with Crippen LogP contribution < -0.4 is 19.1 Å². The highest BCUT2D eigenvalue weighted by atomic mass is 32.2. The molecule has 10 heteroatoms. The summed E-state index contributed by atoms with van der Waals surface area (Å²) in [5.41, 5.74) is 1.84. The number of amides is 2. The van der Waals surface area contributed by atoms with E-state index >= 15 is 0 Å². The van der Waals surface area contributed by atoms with E-state index in [1.807, 2.05) is 58.0 Å². The van der Waals surface area contributed by atoms with Crippen molar-refractivity contribution in [2.24, 2.45) is 0 Å². The van der Waals surface area contributed by atoms with Crippen LogP contribution in [0.2, 0.25) is 0 Å². The van der Waals surface area contributed by atoms with Gasteiger partial charge in [-0.15, -0.1) is 0 Å². The van der Waals surface area contributed by atoms with E-state index in [4.69, 9.17) is 9.47 Å². The van der Waals surface area contributed by atoms with Crippen molar-refractivity contribution in [2.45, 2.75) is 57.6 Å². The number of hydrogen-bond donors (Lipinski definition) is 1. The number of anilines is 1. The largest absolute Gasteiger partial charge is 0.497 e. The van der Waals surface area contributed by atoms with Gasteiger partial charge >= 0.3 is 0 Å². The lowest BCUT2D eigenvalue weighted by Gasteiger charge is -2.34. The fourth-order valence-corrected chi connectivity index (χ4v) is 5.84. The second-order valence-corrected chi connectivity index (χ2v) is 11.8. The van der Waals surface area contributed by atoms with Crippen molar-refractivity contribution in [2.75, 3.05) is 25.1 Å². The van der Waals surface area contributed by atoms with E-state index in [9.17, 15) is 18.0 Å². The summed E-state index contributed by atoms with van der Waals surface area (Å²) in [6.45, 7) is 6.92. The van der Waals surface area contributed by atoms with E-state index in [-0.39, 0.29) is 34.8 Å². The molecule has 0 aliphatic carbocycles. The molecule has 0 fully saturated rings. The Bertz CT molecular complexity index is 1430. The molecule has 2 amide bonds. The van der Waals surface area contributed by atoms with Crippen LogP contribution in [-0.2, 0) is 26.2 Å². The molecule has 0 heterocycles. The third-order valence-corrected chi connectivity index (χ3v) is 8.33. The van der Waals surface area contributed by atoms with Gasteiger partial charge in [0.25, 0.3) is 10.0 Å². The third kappa shape index (κ3) is 7.79. The van der Waals surface area contributed by atoms with E-state index in [1.54, 1.807) is 24.3 Å². The second-order valence-electron chi connectivity index (χ2n) is 9.96. The van der Waals surface area contributed by atoms with Gasteiger partial charge in [-0.05, 0) is 57.0 Å². The Morgan fingerprint density at radius 3 is 2.15 bits per heavy atom. The molecule has 0 unspecified atom stereocenters. The summed E-state index contributed by atoms with van der Waals surface area (Å²) in [4.78, 5) is 28.9. The SMILES string of the molecule is CC[C@@H](C(=O)NC(C)C)N(Cc1ccccc1)C(=O)CN(c1cc(OC)ccc1OC)S(=O)(=O)c1ccc(C)cc1. The number of nitrogens with one attached hydrogen (secondary N) is 1. The van der Waals surface area contributed by atoms with Crippen molar-refractivity contribution in [1.29, 1.82) is 0 Å². The van der Waals surface area contributed by atoms with Gasteiger partial charge in [0.05, 0.1) is 24.8 Å². The van der Waals surface area contributed by atoms with Crippen LogP contribution in [0.4, 0.5) is 5.69 Å². The summed E-state index contributed by atoms with van der Waals surface area (Å²) in [5.74, 6) is -0.214. The highest BCUT2D eigenvalue weighted by Crippen LogP contribution is 2.36. The Morgan fingerprint density at radius 1 is 0.927 bits per heavy atom. The highest BCUT2D eigenvalue weighted by molar-refractivity contribution is 7.92. The number of carbonyl (C=O) groups is 2. The third-order valence-electron chi connectivity index (χ3n) is 6.56. The monoisotopic (exact) mass is 581 g/mol. The first-order valence-corrected chi connectivity index (χ1v) is 14.9. The summed E-state index contributed by atoms with van der Waals surface area (Å²) in [6.07, 6.45) is 0.338. The molecular formula is C31H39N3O6S. The zero-order chi connectivity index (χ0) is 30.2. The van der Waals surface area contributed by atoms with Crippen LogP contribution in [0.1, 0.15) is 38.3 Å². The molecule has 41 heavy (non-hydrogen) atoms. The first-order valence-electron chi connectivity index (χ1n) is 13.5. The lowest BCUT2D eigenvalue weighted by atomic mass is 10.1. The topological polar surface area (TPSA) is 105 Å². The maximum atomic E-state index is 14.2. The van der Waals surface area contributed by atoms with Crippen LogP contribution in [0.15, 0.2) is 77.7 Å². The van der Waals surface area contributed by atoms with E-state index in [2.05, 4.69) is 5.32 Å². The Kier molecular flexibility index (Phi) is 10.8. The second kappa shape index (κ2) is 14.0. The number of ether oxygens (including phenoxy) is 2. The predicted octanol–water partition coefficient (Wildman–Crippen LogP) is 4.54. The molecule has 0 saturated heterocycles. The molecule has 0 radical (unpaired) electrons. The number of rotatable bonds is 13. The lowest BCUT2D eigenvalue weighted by molar-refractivity contribution is -0.140. The maximum Gasteiger partial charge on any atom is 0.264 e. The molecule has 3 aromatic carbocycles.